The van der Waals surface area contributed by atoms with Crippen molar-refractivity contribution in [2.75, 3.05) is 0 Å². The van der Waals surface area contributed by atoms with E-state index in [9.17, 15) is 4.79 Å². The van der Waals surface area contributed by atoms with Crippen LogP contribution in [0.4, 0.5) is 0 Å². The summed E-state index contributed by atoms with van der Waals surface area (Å²) in [6.07, 6.45) is 2.63. The minimum absolute atomic E-state index is 0.649. The molecule has 2 heteroatoms. The molecule has 2 rings (SSSR count). The van der Waals surface area contributed by atoms with Crippen LogP contribution >= 0.6 is 0 Å². The maximum Gasteiger partial charge on any atom is 0.151 e. The van der Waals surface area contributed by atoms with Crippen LogP contribution in [0, 0.1) is 6.92 Å². The monoisotopic (exact) mass is 197 g/mol. The second-order valence-electron chi connectivity index (χ2n) is 3.38. The Labute approximate surface area is 88.6 Å². The fourth-order valence-electron chi connectivity index (χ4n) is 1.46. The molecule has 0 radical (unpaired) electrons. The number of benzene rings is 1. The van der Waals surface area contributed by atoms with Gasteiger partial charge in [-0.3, -0.25) is 9.78 Å². The van der Waals surface area contributed by atoms with Gasteiger partial charge in [0.05, 0.1) is 0 Å². The molecule has 15 heavy (non-hydrogen) atoms. The van der Waals surface area contributed by atoms with Gasteiger partial charge in [-0.25, -0.2) is 0 Å². The Hall–Kier alpha value is -1.96. The quantitative estimate of drug-likeness (QED) is 0.693. The van der Waals surface area contributed by atoms with Gasteiger partial charge in [0.2, 0.25) is 0 Å². The van der Waals surface area contributed by atoms with Crippen LogP contribution < -0.4 is 0 Å². The van der Waals surface area contributed by atoms with Crippen molar-refractivity contribution in [1.82, 2.24) is 4.98 Å². The molecule has 74 valence electrons. The van der Waals surface area contributed by atoms with Crippen LogP contribution in [-0.2, 0) is 0 Å². The number of hydrogen-bond acceptors (Lipinski definition) is 2. The van der Waals surface area contributed by atoms with E-state index in [1.807, 2.05) is 43.3 Å². The van der Waals surface area contributed by atoms with Gasteiger partial charge in [0.1, 0.15) is 0 Å². The molecule has 0 atom stereocenters. The molecular formula is C13H11NO. The summed E-state index contributed by atoms with van der Waals surface area (Å²) in [5, 5.41) is 0. The number of rotatable bonds is 2. The highest BCUT2D eigenvalue weighted by Gasteiger charge is 2.02. The number of aryl methyl sites for hydroxylation is 1. The molecular weight excluding hydrogens is 186 g/mol. The molecule has 0 spiro atoms. The minimum atomic E-state index is 0.649. The lowest BCUT2D eigenvalue weighted by molar-refractivity contribution is 0.112. The van der Waals surface area contributed by atoms with Crippen LogP contribution in [0.3, 0.4) is 0 Å². The lowest BCUT2D eigenvalue weighted by Gasteiger charge is -2.03. The predicted octanol–water partition coefficient (Wildman–Crippen LogP) is 2.87. The van der Waals surface area contributed by atoms with Crippen LogP contribution in [0.25, 0.3) is 11.1 Å². The standard InChI is InChI=1S/C13H11NO/c1-10-13(9-15)7-12(8-14-10)11-5-3-2-4-6-11/h2-9H,1H3. The first-order valence-electron chi connectivity index (χ1n) is 4.78. The molecule has 1 aromatic heterocycles. The number of nitrogens with zero attached hydrogens (tertiary/aromatic N) is 1. The van der Waals surface area contributed by atoms with E-state index in [-0.39, 0.29) is 0 Å². The van der Waals surface area contributed by atoms with Crippen LogP contribution in [0.15, 0.2) is 42.6 Å². The molecule has 0 fully saturated rings. The maximum atomic E-state index is 10.8. The summed E-state index contributed by atoms with van der Waals surface area (Å²) < 4.78 is 0. The van der Waals surface area contributed by atoms with Gasteiger partial charge >= 0.3 is 0 Å². The molecule has 0 bridgehead atoms. The van der Waals surface area contributed by atoms with E-state index >= 15 is 0 Å². The van der Waals surface area contributed by atoms with Crippen molar-refractivity contribution >= 4 is 6.29 Å². The van der Waals surface area contributed by atoms with Gasteiger partial charge in [0, 0.05) is 23.0 Å². The highest BCUT2D eigenvalue weighted by Crippen LogP contribution is 2.19. The van der Waals surface area contributed by atoms with Crippen molar-refractivity contribution in [2.24, 2.45) is 0 Å². The smallest absolute Gasteiger partial charge is 0.151 e. The molecule has 0 N–H and O–H groups in total. The zero-order valence-corrected chi connectivity index (χ0v) is 8.47. The first-order valence-corrected chi connectivity index (χ1v) is 4.78. The molecule has 0 aliphatic carbocycles. The van der Waals surface area contributed by atoms with Crippen molar-refractivity contribution in [2.45, 2.75) is 6.92 Å². The normalized spacial score (nSPS) is 9.93. The fraction of sp³-hybridized carbons (Fsp3) is 0.0769. The maximum absolute atomic E-state index is 10.8. The van der Waals surface area contributed by atoms with Crippen LogP contribution in [-0.4, -0.2) is 11.3 Å². The summed E-state index contributed by atoms with van der Waals surface area (Å²) >= 11 is 0. The Morgan fingerprint density at radius 1 is 1.13 bits per heavy atom. The van der Waals surface area contributed by atoms with Gasteiger partial charge in [-0.15, -0.1) is 0 Å². The van der Waals surface area contributed by atoms with Gasteiger partial charge in [-0.05, 0) is 18.6 Å². The number of hydrogen-bond donors (Lipinski definition) is 0. The van der Waals surface area contributed by atoms with Crippen LogP contribution in [0.1, 0.15) is 16.1 Å². The zero-order valence-electron chi connectivity index (χ0n) is 8.47. The number of carbonyl (C=O) groups excluding carboxylic acids is 1. The number of aromatic nitrogens is 1. The molecule has 0 amide bonds. The largest absolute Gasteiger partial charge is 0.298 e. The Bertz CT molecular complexity index is 477. The van der Waals surface area contributed by atoms with E-state index in [4.69, 9.17) is 0 Å². The Morgan fingerprint density at radius 3 is 2.53 bits per heavy atom. The molecule has 0 aliphatic rings. The van der Waals surface area contributed by atoms with Crippen molar-refractivity contribution in [3.05, 3.63) is 53.9 Å². The average Bonchev–Trinajstić information content (AvgIpc) is 2.31. The third-order valence-electron chi connectivity index (χ3n) is 2.36. The SMILES string of the molecule is Cc1ncc(-c2ccccc2)cc1C=O. The topological polar surface area (TPSA) is 30.0 Å². The summed E-state index contributed by atoms with van der Waals surface area (Å²) in [5.74, 6) is 0. The number of aldehydes is 1. The van der Waals surface area contributed by atoms with Crippen molar-refractivity contribution in [3.8, 4) is 11.1 Å². The fourth-order valence-corrected chi connectivity index (χ4v) is 1.46. The predicted molar refractivity (Wildman–Crippen MR) is 59.8 cm³/mol. The van der Waals surface area contributed by atoms with Gasteiger partial charge in [0.25, 0.3) is 0 Å². The second kappa shape index (κ2) is 4.05. The van der Waals surface area contributed by atoms with Crippen molar-refractivity contribution in [1.29, 1.82) is 0 Å². The summed E-state index contributed by atoms with van der Waals surface area (Å²) in [6, 6.07) is 11.8. The third-order valence-corrected chi connectivity index (χ3v) is 2.36. The molecule has 0 aliphatic heterocycles. The van der Waals surface area contributed by atoms with Gasteiger partial charge in [-0.2, -0.15) is 0 Å². The summed E-state index contributed by atoms with van der Waals surface area (Å²) in [4.78, 5) is 15.0. The van der Waals surface area contributed by atoms with Crippen molar-refractivity contribution < 1.29 is 4.79 Å². The van der Waals surface area contributed by atoms with E-state index in [1.165, 1.54) is 0 Å². The second-order valence-corrected chi connectivity index (χ2v) is 3.38. The van der Waals surface area contributed by atoms with Crippen LogP contribution in [0.5, 0.6) is 0 Å². The molecule has 1 heterocycles. The molecule has 1 aromatic carbocycles. The van der Waals surface area contributed by atoms with Gasteiger partial charge in [-0.1, -0.05) is 30.3 Å². The zero-order chi connectivity index (χ0) is 10.7. The molecule has 0 saturated carbocycles. The lowest BCUT2D eigenvalue weighted by Crippen LogP contribution is -1.91. The van der Waals surface area contributed by atoms with Gasteiger partial charge in [0.15, 0.2) is 6.29 Å². The lowest BCUT2D eigenvalue weighted by atomic mass is 10.1. The first kappa shape index (κ1) is 9.59. The minimum Gasteiger partial charge on any atom is -0.298 e. The number of carbonyl (C=O) groups is 1. The summed E-state index contributed by atoms with van der Waals surface area (Å²) in [7, 11) is 0. The van der Waals surface area contributed by atoms with Crippen molar-refractivity contribution in [3.63, 3.8) is 0 Å². The Morgan fingerprint density at radius 2 is 1.87 bits per heavy atom. The highest BCUT2D eigenvalue weighted by molar-refractivity contribution is 5.79. The van der Waals surface area contributed by atoms with E-state index in [0.717, 1.165) is 23.1 Å². The Kier molecular flexibility index (Phi) is 2.59. The molecule has 2 nitrogen and oxygen atoms in total. The molecule has 0 unspecified atom stereocenters. The third kappa shape index (κ3) is 1.94. The first-order chi connectivity index (χ1) is 7.31. The summed E-state index contributed by atoms with van der Waals surface area (Å²) in [6.45, 7) is 1.83. The van der Waals surface area contributed by atoms with Crippen LogP contribution in [0.2, 0.25) is 0 Å². The average molecular weight is 197 g/mol. The number of pyridine rings is 1. The van der Waals surface area contributed by atoms with E-state index in [1.54, 1.807) is 6.20 Å². The highest BCUT2D eigenvalue weighted by atomic mass is 16.1. The van der Waals surface area contributed by atoms with Gasteiger partial charge < -0.3 is 0 Å². The van der Waals surface area contributed by atoms with E-state index < -0.39 is 0 Å². The summed E-state index contributed by atoms with van der Waals surface area (Å²) in [5.41, 5.74) is 3.47. The molecule has 0 saturated heterocycles. The Balaban J connectivity index is 2.51. The molecule has 2 aromatic rings. The van der Waals surface area contributed by atoms with E-state index in [0.29, 0.717) is 5.56 Å². The van der Waals surface area contributed by atoms with E-state index in [2.05, 4.69) is 4.98 Å².